The number of nitrogens with one attached hydrogen (secondary N) is 1. The second-order valence-electron chi connectivity index (χ2n) is 5.63. The third-order valence-electron chi connectivity index (χ3n) is 3.59. The summed E-state index contributed by atoms with van der Waals surface area (Å²) in [6.45, 7) is 6.70. The minimum Gasteiger partial charge on any atom is -0.310 e. The van der Waals surface area contributed by atoms with Gasteiger partial charge < -0.3 is 10.2 Å². The lowest BCUT2D eigenvalue weighted by atomic mass is 10.1. The van der Waals surface area contributed by atoms with Gasteiger partial charge in [0.2, 0.25) is 0 Å². The molecule has 0 aliphatic carbocycles. The maximum atomic E-state index is 3.63. The van der Waals surface area contributed by atoms with E-state index in [0.717, 1.165) is 26.2 Å². The van der Waals surface area contributed by atoms with Crippen LogP contribution in [0.15, 0.2) is 30.3 Å². The SMILES string of the molecule is CC1CNC(CN(C)C)CN1Cc1ccccc1. The van der Waals surface area contributed by atoms with Crippen LogP contribution in [0.2, 0.25) is 0 Å². The molecule has 1 aliphatic heterocycles. The quantitative estimate of drug-likeness (QED) is 0.868. The maximum absolute atomic E-state index is 3.63. The molecule has 1 aromatic rings. The van der Waals surface area contributed by atoms with Crippen LogP contribution in [0, 0.1) is 0 Å². The lowest BCUT2D eigenvalue weighted by molar-refractivity contribution is 0.121. The van der Waals surface area contributed by atoms with Crippen molar-refractivity contribution in [3.8, 4) is 0 Å². The molecule has 2 unspecified atom stereocenters. The van der Waals surface area contributed by atoms with Crippen molar-refractivity contribution in [1.82, 2.24) is 15.1 Å². The molecule has 1 N–H and O–H groups in total. The van der Waals surface area contributed by atoms with E-state index in [9.17, 15) is 0 Å². The zero-order valence-corrected chi connectivity index (χ0v) is 11.8. The van der Waals surface area contributed by atoms with Gasteiger partial charge in [-0.1, -0.05) is 30.3 Å². The van der Waals surface area contributed by atoms with E-state index in [1.165, 1.54) is 5.56 Å². The van der Waals surface area contributed by atoms with E-state index in [1.54, 1.807) is 0 Å². The van der Waals surface area contributed by atoms with Crippen molar-refractivity contribution in [2.45, 2.75) is 25.6 Å². The number of nitrogens with zero attached hydrogens (tertiary/aromatic N) is 2. The van der Waals surface area contributed by atoms with E-state index in [0.29, 0.717) is 12.1 Å². The van der Waals surface area contributed by atoms with Gasteiger partial charge in [0.25, 0.3) is 0 Å². The molecule has 18 heavy (non-hydrogen) atoms. The Morgan fingerprint density at radius 3 is 2.67 bits per heavy atom. The lowest BCUT2D eigenvalue weighted by Crippen LogP contribution is -2.57. The molecule has 0 radical (unpaired) electrons. The largest absolute Gasteiger partial charge is 0.310 e. The highest BCUT2D eigenvalue weighted by atomic mass is 15.2. The highest BCUT2D eigenvalue weighted by Gasteiger charge is 2.24. The summed E-state index contributed by atoms with van der Waals surface area (Å²) in [5.74, 6) is 0. The van der Waals surface area contributed by atoms with Gasteiger partial charge in [-0.15, -0.1) is 0 Å². The summed E-state index contributed by atoms with van der Waals surface area (Å²) in [5, 5.41) is 3.63. The van der Waals surface area contributed by atoms with Gasteiger partial charge in [0.05, 0.1) is 0 Å². The number of likely N-dealkylation sites (N-methyl/N-ethyl adjacent to an activating group) is 1. The Labute approximate surface area is 111 Å². The molecule has 0 amide bonds. The Hall–Kier alpha value is -0.900. The Kier molecular flexibility index (Phi) is 4.75. The van der Waals surface area contributed by atoms with Gasteiger partial charge >= 0.3 is 0 Å². The first kappa shape index (κ1) is 13.5. The van der Waals surface area contributed by atoms with E-state index in [4.69, 9.17) is 0 Å². The van der Waals surface area contributed by atoms with Gasteiger partial charge in [0.15, 0.2) is 0 Å². The van der Waals surface area contributed by atoms with Crippen molar-refractivity contribution in [2.24, 2.45) is 0 Å². The van der Waals surface area contributed by atoms with E-state index >= 15 is 0 Å². The zero-order chi connectivity index (χ0) is 13.0. The van der Waals surface area contributed by atoms with Crippen LogP contribution in [-0.2, 0) is 6.54 Å². The summed E-state index contributed by atoms with van der Waals surface area (Å²) >= 11 is 0. The fourth-order valence-corrected chi connectivity index (χ4v) is 2.60. The Bertz CT molecular complexity index is 350. The van der Waals surface area contributed by atoms with Crippen LogP contribution < -0.4 is 5.32 Å². The minimum absolute atomic E-state index is 0.583. The van der Waals surface area contributed by atoms with Gasteiger partial charge in [0.1, 0.15) is 0 Å². The summed E-state index contributed by atoms with van der Waals surface area (Å²) in [7, 11) is 4.28. The van der Waals surface area contributed by atoms with Crippen LogP contribution in [0.25, 0.3) is 0 Å². The molecule has 1 fully saturated rings. The molecule has 0 saturated carbocycles. The van der Waals surface area contributed by atoms with Crippen LogP contribution in [0.3, 0.4) is 0 Å². The number of hydrogen-bond acceptors (Lipinski definition) is 3. The molecule has 3 heteroatoms. The van der Waals surface area contributed by atoms with E-state index < -0.39 is 0 Å². The van der Waals surface area contributed by atoms with Crippen LogP contribution >= 0.6 is 0 Å². The maximum Gasteiger partial charge on any atom is 0.0323 e. The predicted molar refractivity (Wildman–Crippen MR) is 76.7 cm³/mol. The van der Waals surface area contributed by atoms with Gasteiger partial charge in [-0.3, -0.25) is 4.90 Å². The number of rotatable bonds is 4. The third-order valence-corrected chi connectivity index (χ3v) is 3.59. The fourth-order valence-electron chi connectivity index (χ4n) is 2.60. The molecule has 0 spiro atoms. The van der Waals surface area contributed by atoms with Crippen LogP contribution in [0.4, 0.5) is 0 Å². The molecule has 2 atom stereocenters. The normalized spacial score (nSPS) is 25.6. The Balaban J connectivity index is 1.93. The standard InChI is InChI=1S/C15H25N3/c1-13-9-16-15(11-17(2)3)12-18(13)10-14-7-5-4-6-8-14/h4-8,13,15-16H,9-12H2,1-3H3. The monoisotopic (exact) mass is 247 g/mol. The molecular formula is C15H25N3. The molecule has 3 nitrogen and oxygen atoms in total. The Morgan fingerprint density at radius 1 is 1.28 bits per heavy atom. The summed E-state index contributed by atoms with van der Waals surface area (Å²) in [6, 6.07) is 12.0. The average Bonchev–Trinajstić information content (AvgIpc) is 2.34. The van der Waals surface area contributed by atoms with Crippen molar-refractivity contribution >= 4 is 0 Å². The molecule has 1 aromatic carbocycles. The fraction of sp³-hybridized carbons (Fsp3) is 0.600. The Morgan fingerprint density at radius 2 is 2.00 bits per heavy atom. The first-order chi connectivity index (χ1) is 8.65. The molecule has 100 valence electrons. The molecule has 1 aliphatic rings. The molecule has 1 saturated heterocycles. The summed E-state index contributed by atoms with van der Waals surface area (Å²) < 4.78 is 0. The van der Waals surface area contributed by atoms with Crippen LogP contribution in [0.5, 0.6) is 0 Å². The summed E-state index contributed by atoms with van der Waals surface area (Å²) in [5.41, 5.74) is 1.41. The van der Waals surface area contributed by atoms with Crippen molar-refractivity contribution < 1.29 is 0 Å². The van der Waals surface area contributed by atoms with E-state index in [2.05, 4.69) is 66.5 Å². The second kappa shape index (κ2) is 6.32. The van der Waals surface area contributed by atoms with Crippen LogP contribution in [-0.4, -0.2) is 55.6 Å². The van der Waals surface area contributed by atoms with Crippen molar-refractivity contribution in [3.05, 3.63) is 35.9 Å². The zero-order valence-electron chi connectivity index (χ0n) is 11.8. The number of hydrogen-bond donors (Lipinski definition) is 1. The molecule has 0 bridgehead atoms. The van der Waals surface area contributed by atoms with Crippen molar-refractivity contribution in [1.29, 1.82) is 0 Å². The van der Waals surface area contributed by atoms with Gasteiger partial charge in [0, 0.05) is 38.3 Å². The van der Waals surface area contributed by atoms with Crippen molar-refractivity contribution in [2.75, 3.05) is 33.7 Å². The highest BCUT2D eigenvalue weighted by molar-refractivity contribution is 5.14. The van der Waals surface area contributed by atoms with Crippen LogP contribution in [0.1, 0.15) is 12.5 Å². The van der Waals surface area contributed by atoms with Gasteiger partial charge in [-0.05, 0) is 26.6 Å². The minimum atomic E-state index is 0.583. The number of benzene rings is 1. The molecular weight excluding hydrogens is 222 g/mol. The smallest absolute Gasteiger partial charge is 0.0323 e. The first-order valence-corrected chi connectivity index (χ1v) is 6.81. The molecule has 0 aromatic heterocycles. The lowest BCUT2D eigenvalue weighted by Gasteiger charge is -2.39. The second-order valence-corrected chi connectivity index (χ2v) is 5.63. The van der Waals surface area contributed by atoms with E-state index in [1.807, 2.05) is 0 Å². The molecule has 2 rings (SSSR count). The van der Waals surface area contributed by atoms with Gasteiger partial charge in [-0.25, -0.2) is 0 Å². The molecule has 1 heterocycles. The highest BCUT2D eigenvalue weighted by Crippen LogP contribution is 2.12. The average molecular weight is 247 g/mol. The first-order valence-electron chi connectivity index (χ1n) is 6.81. The topological polar surface area (TPSA) is 18.5 Å². The van der Waals surface area contributed by atoms with E-state index in [-0.39, 0.29) is 0 Å². The van der Waals surface area contributed by atoms with Gasteiger partial charge in [-0.2, -0.15) is 0 Å². The summed E-state index contributed by atoms with van der Waals surface area (Å²) in [4.78, 5) is 4.84. The summed E-state index contributed by atoms with van der Waals surface area (Å²) in [6.07, 6.45) is 0. The third kappa shape index (κ3) is 3.80. The number of piperazine rings is 1. The predicted octanol–water partition coefficient (Wildman–Crippen LogP) is 1.41. The van der Waals surface area contributed by atoms with Crippen molar-refractivity contribution in [3.63, 3.8) is 0 Å².